The quantitative estimate of drug-likeness (QED) is 0.694. The second-order valence-corrected chi connectivity index (χ2v) is 4.44. The number of nitrogens with zero attached hydrogens (tertiary/aromatic N) is 1. The van der Waals surface area contributed by atoms with Gasteiger partial charge in [0.2, 0.25) is 5.91 Å². The molecule has 2 atom stereocenters. The fraction of sp³-hybridized carbons (Fsp3) is 0.750. The zero-order valence-electron chi connectivity index (χ0n) is 9.41. The van der Waals surface area contributed by atoms with Crippen LogP contribution in [0.15, 0.2) is 12.2 Å². The van der Waals surface area contributed by atoms with Crippen LogP contribution >= 0.6 is 0 Å². The molecule has 0 spiro atoms. The van der Waals surface area contributed by atoms with Gasteiger partial charge >= 0.3 is 0 Å². The Morgan fingerprint density at radius 1 is 1.40 bits per heavy atom. The van der Waals surface area contributed by atoms with Gasteiger partial charge in [0.25, 0.3) is 0 Å². The van der Waals surface area contributed by atoms with E-state index in [2.05, 4.69) is 22.4 Å². The number of allylic oxidation sites excluding steroid dienone is 1. The Kier molecular flexibility index (Phi) is 3.41. The summed E-state index contributed by atoms with van der Waals surface area (Å²) < 4.78 is 0. The lowest BCUT2D eigenvalue weighted by Crippen LogP contribution is -2.47. The third kappa shape index (κ3) is 2.23. The summed E-state index contributed by atoms with van der Waals surface area (Å²) in [6.45, 7) is 0.937. The number of hydrogen-bond acceptors (Lipinski definition) is 2. The Morgan fingerprint density at radius 3 is 2.93 bits per heavy atom. The minimum absolute atomic E-state index is 0.0431. The summed E-state index contributed by atoms with van der Waals surface area (Å²) in [5, 5.41) is 3.13. The Labute approximate surface area is 91.5 Å². The molecule has 1 heterocycles. The van der Waals surface area contributed by atoms with E-state index in [9.17, 15) is 4.79 Å². The molecule has 1 amide bonds. The predicted molar refractivity (Wildman–Crippen MR) is 60.6 cm³/mol. The third-order valence-corrected chi connectivity index (χ3v) is 3.46. The topological polar surface area (TPSA) is 32.3 Å². The van der Waals surface area contributed by atoms with Gasteiger partial charge in [-0.05, 0) is 39.2 Å². The van der Waals surface area contributed by atoms with Crippen molar-refractivity contribution in [2.75, 3.05) is 13.6 Å². The van der Waals surface area contributed by atoms with Gasteiger partial charge in [-0.25, -0.2) is 0 Å². The van der Waals surface area contributed by atoms with Gasteiger partial charge in [-0.1, -0.05) is 12.2 Å². The maximum absolute atomic E-state index is 12.2. The molecule has 0 radical (unpaired) electrons. The maximum Gasteiger partial charge on any atom is 0.240 e. The van der Waals surface area contributed by atoms with Gasteiger partial charge in [-0.2, -0.15) is 0 Å². The molecule has 15 heavy (non-hydrogen) atoms. The van der Waals surface area contributed by atoms with Crippen molar-refractivity contribution in [2.24, 2.45) is 0 Å². The van der Waals surface area contributed by atoms with Crippen LogP contribution in [-0.2, 0) is 4.79 Å². The van der Waals surface area contributed by atoms with Crippen molar-refractivity contribution < 1.29 is 4.79 Å². The normalized spacial score (nSPS) is 32.1. The van der Waals surface area contributed by atoms with Gasteiger partial charge in [0.1, 0.15) is 0 Å². The van der Waals surface area contributed by atoms with Gasteiger partial charge in [-0.15, -0.1) is 0 Å². The Morgan fingerprint density at radius 2 is 2.27 bits per heavy atom. The average molecular weight is 208 g/mol. The molecular weight excluding hydrogens is 188 g/mol. The molecule has 0 aromatic rings. The zero-order chi connectivity index (χ0) is 10.7. The van der Waals surface area contributed by atoms with E-state index >= 15 is 0 Å². The molecule has 3 heteroatoms. The molecule has 2 unspecified atom stereocenters. The Hall–Kier alpha value is -0.830. The van der Waals surface area contributed by atoms with Crippen LogP contribution in [-0.4, -0.2) is 36.5 Å². The van der Waals surface area contributed by atoms with E-state index in [0.717, 1.165) is 38.6 Å². The number of hydrogen-bond donors (Lipinski definition) is 1. The lowest BCUT2D eigenvalue weighted by atomic mass is 10.1. The van der Waals surface area contributed by atoms with E-state index in [4.69, 9.17) is 0 Å². The predicted octanol–water partition coefficient (Wildman–Crippen LogP) is 1.31. The number of likely N-dealkylation sites (tertiary alicyclic amines) is 1. The van der Waals surface area contributed by atoms with E-state index in [1.807, 2.05) is 7.05 Å². The van der Waals surface area contributed by atoms with Crippen LogP contribution in [0.4, 0.5) is 0 Å². The van der Waals surface area contributed by atoms with Crippen molar-refractivity contribution in [2.45, 2.75) is 44.2 Å². The summed E-state index contributed by atoms with van der Waals surface area (Å²) in [7, 11) is 1.89. The fourth-order valence-corrected chi connectivity index (χ4v) is 2.54. The highest BCUT2D eigenvalue weighted by atomic mass is 16.2. The van der Waals surface area contributed by atoms with Crippen LogP contribution in [0.25, 0.3) is 0 Å². The molecular formula is C12H20N2O. The molecule has 1 fully saturated rings. The van der Waals surface area contributed by atoms with Crippen LogP contribution in [0.3, 0.4) is 0 Å². The smallest absolute Gasteiger partial charge is 0.240 e. The molecule has 0 aromatic carbocycles. The molecule has 0 saturated carbocycles. The second kappa shape index (κ2) is 4.79. The van der Waals surface area contributed by atoms with Gasteiger partial charge in [0, 0.05) is 6.54 Å². The number of likely N-dealkylation sites (N-methyl/N-ethyl adjacent to an activating group) is 1. The number of nitrogens with one attached hydrogen (secondary N) is 1. The van der Waals surface area contributed by atoms with Gasteiger partial charge in [0.15, 0.2) is 0 Å². The highest BCUT2D eigenvalue weighted by Gasteiger charge is 2.30. The molecule has 1 N–H and O–H groups in total. The largest absolute Gasteiger partial charge is 0.335 e. The minimum Gasteiger partial charge on any atom is -0.335 e. The SMILES string of the molecule is CNC1CCCCN(C2C=CCC2)C1=O. The van der Waals surface area contributed by atoms with Crippen molar-refractivity contribution in [3.05, 3.63) is 12.2 Å². The average Bonchev–Trinajstić information content (AvgIpc) is 2.70. The third-order valence-electron chi connectivity index (χ3n) is 3.46. The molecule has 2 rings (SSSR count). The van der Waals surface area contributed by atoms with Gasteiger partial charge in [-0.3, -0.25) is 4.79 Å². The number of carbonyl (C=O) groups is 1. The van der Waals surface area contributed by atoms with Gasteiger partial charge in [0.05, 0.1) is 12.1 Å². The van der Waals surface area contributed by atoms with Crippen LogP contribution in [0.2, 0.25) is 0 Å². The molecule has 2 aliphatic rings. The summed E-state index contributed by atoms with van der Waals surface area (Å²) in [6, 6.07) is 0.410. The summed E-state index contributed by atoms with van der Waals surface area (Å²) in [4.78, 5) is 14.3. The standard InChI is InChI=1S/C12H20N2O/c1-13-11-8-4-5-9-14(12(11)15)10-6-2-3-7-10/h2,6,10-11,13H,3-5,7-9H2,1H3. The maximum atomic E-state index is 12.2. The first-order valence-corrected chi connectivity index (χ1v) is 5.97. The van der Waals surface area contributed by atoms with Crippen molar-refractivity contribution in [1.82, 2.24) is 10.2 Å². The van der Waals surface area contributed by atoms with Crippen molar-refractivity contribution in [3.8, 4) is 0 Å². The molecule has 0 aromatic heterocycles. The van der Waals surface area contributed by atoms with Crippen molar-refractivity contribution >= 4 is 5.91 Å². The van der Waals surface area contributed by atoms with Crippen LogP contribution in [0.5, 0.6) is 0 Å². The highest BCUT2D eigenvalue weighted by molar-refractivity contribution is 5.82. The van der Waals surface area contributed by atoms with Crippen LogP contribution in [0.1, 0.15) is 32.1 Å². The fourth-order valence-electron chi connectivity index (χ4n) is 2.54. The van der Waals surface area contributed by atoms with E-state index in [-0.39, 0.29) is 6.04 Å². The molecule has 84 valence electrons. The molecule has 0 bridgehead atoms. The van der Waals surface area contributed by atoms with E-state index in [0.29, 0.717) is 11.9 Å². The minimum atomic E-state index is 0.0431. The first kappa shape index (κ1) is 10.7. The number of amides is 1. The lowest BCUT2D eigenvalue weighted by Gasteiger charge is -2.29. The Balaban J connectivity index is 2.07. The Bertz CT molecular complexity index is 262. The van der Waals surface area contributed by atoms with Gasteiger partial charge < -0.3 is 10.2 Å². The summed E-state index contributed by atoms with van der Waals surface area (Å²) in [6.07, 6.45) is 9.91. The van der Waals surface area contributed by atoms with Crippen molar-refractivity contribution in [3.63, 3.8) is 0 Å². The highest BCUT2D eigenvalue weighted by Crippen LogP contribution is 2.21. The first-order chi connectivity index (χ1) is 7.33. The monoisotopic (exact) mass is 208 g/mol. The molecule has 3 nitrogen and oxygen atoms in total. The number of rotatable bonds is 2. The number of carbonyl (C=O) groups excluding carboxylic acids is 1. The molecule has 1 saturated heterocycles. The second-order valence-electron chi connectivity index (χ2n) is 4.44. The van der Waals surface area contributed by atoms with E-state index < -0.39 is 0 Å². The lowest BCUT2D eigenvalue weighted by molar-refractivity contribution is -0.134. The van der Waals surface area contributed by atoms with Crippen LogP contribution < -0.4 is 5.32 Å². The molecule has 1 aliphatic heterocycles. The van der Waals surface area contributed by atoms with E-state index in [1.54, 1.807) is 0 Å². The summed E-state index contributed by atoms with van der Waals surface area (Å²) >= 11 is 0. The van der Waals surface area contributed by atoms with Crippen molar-refractivity contribution in [1.29, 1.82) is 0 Å². The van der Waals surface area contributed by atoms with E-state index in [1.165, 1.54) is 0 Å². The summed E-state index contributed by atoms with van der Waals surface area (Å²) in [5.74, 6) is 0.298. The summed E-state index contributed by atoms with van der Waals surface area (Å²) in [5.41, 5.74) is 0. The first-order valence-electron chi connectivity index (χ1n) is 5.97. The van der Waals surface area contributed by atoms with Crippen LogP contribution in [0, 0.1) is 0 Å². The zero-order valence-corrected chi connectivity index (χ0v) is 9.41. The molecule has 1 aliphatic carbocycles.